The molecular weight excluding hydrogens is 521 g/mol. The molecule has 166 valence electrons. The number of anilines is 1. The molecule has 1 saturated heterocycles. The monoisotopic (exact) mass is 550 g/mol. The number of nitrogens with zero attached hydrogens (tertiary/aromatic N) is 4. The molecule has 3 rings (SSSR count). The van der Waals surface area contributed by atoms with Crippen LogP contribution in [0.4, 0.5) is 13.9 Å². The molecule has 1 aromatic heterocycles. The molecule has 6 nitrogen and oxygen atoms in total. The molecule has 0 spiro atoms. The molecule has 1 unspecified atom stereocenters. The predicted octanol–water partition coefficient (Wildman–Crippen LogP) is 3.43. The molecule has 10 heteroatoms. The molecular formula is C20H29F2IN6S. The largest absolute Gasteiger partial charge is 0.354 e. The zero-order chi connectivity index (χ0) is 20.8. The molecule has 1 atom stereocenters. The minimum absolute atomic E-state index is 0. The van der Waals surface area contributed by atoms with Crippen molar-refractivity contribution in [3.05, 3.63) is 46.5 Å². The van der Waals surface area contributed by atoms with Gasteiger partial charge in [-0.3, -0.25) is 9.89 Å². The van der Waals surface area contributed by atoms with E-state index >= 15 is 0 Å². The molecule has 0 radical (unpaired) electrons. The van der Waals surface area contributed by atoms with Crippen LogP contribution in [0.15, 0.2) is 28.6 Å². The topological polar surface area (TPSA) is 55.8 Å². The van der Waals surface area contributed by atoms with Gasteiger partial charge in [0.05, 0.1) is 12.2 Å². The molecule has 1 aliphatic rings. The van der Waals surface area contributed by atoms with Crippen molar-refractivity contribution in [1.82, 2.24) is 20.5 Å². The fraction of sp³-hybridized carbons (Fsp3) is 0.500. The third-order valence-electron chi connectivity index (χ3n) is 4.87. The summed E-state index contributed by atoms with van der Waals surface area (Å²) in [5, 5.41) is 9.71. The maximum Gasteiger partial charge on any atom is 0.191 e. The maximum absolute atomic E-state index is 14.0. The molecule has 2 aromatic rings. The summed E-state index contributed by atoms with van der Waals surface area (Å²) in [6.45, 7) is 2.38. The van der Waals surface area contributed by atoms with Crippen molar-refractivity contribution in [2.24, 2.45) is 4.99 Å². The SMILES string of the molecule is CN=C(NCc1csc(N(C)C)n1)NC1CCCN(Cc2c(F)cccc2F)C1.I. The van der Waals surface area contributed by atoms with Gasteiger partial charge in [-0.2, -0.15) is 0 Å². The molecule has 2 heterocycles. The first kappa shape index (κ1) is 24.7. The van der Waals surface area contributed by atoms with Gasteiger partial charge in [-0.15, -0.1) is 35.3 Å². The van der Waals surface area contributed by atoms with Crippen molar-refractivity contribution < 1.29 is 8.78 Å². The van der Waals surface area contributed by atoms with Crippen LogP contribution in [-0.4, -0.2) is 56.1 Å². The lowest BCUT2D eigenvalue weighted by Gasteiger charge is -2.34. The Morgan fingerprint density at radius 2 is 2.07 bits per heavy atom. The second kappa shape index (κ2) is 11.8. The normalized spacial score (nSPS) is 17.4. The van der Waals surface area contributed by atoms with Crippen LogP contribution >= 0.6 is 35.3 Å². The van der Waals surface area contributed by atoms with E-state index in [2.05, 4.69) is 25.5 Å². The Balaban J connectivity index is 0.00000320. The van der Waals surface area contributed by atoms with Crippen molar-refractivity contribution in [3.63, 3.8) is 0 Å². The van der Waals surface area contributed by atoms with Gasteiger partial charge in [0, 0.05) is 51.2 Å². The molecule has 0 bridgehead atoms. The van der Waals surface area contributed by atoms with Gasteiger partial charge in [-0.05, 0) is 31.5 Å². The van der Waals surface area contributed by atoms with Gasteiger partial charge in [0.1, 0.15) is 11.6 Å². The lowest BCUT2D eigenvalue weighted by molar-refractivity contribution is 0.188. The molecule has 0 amide bonds. The van der Waals surface area contributed by atoms with E-state index in [1.807, 2.05) is 24.4 Å². The first-order valence-electron chi connectivity index (χ1n) is 9.70. The van der Waals surface area contributed by atoms with E-state index in [-0.39, 0.29) is 42.1 Å². The third kappa shape index (κ3) is 6.74. The van der Waals surface area contributed by atoms with Gasteiger partial charge in [-0.25, -0.2) is 13.8 Å². The van der Waals surface area contributed by atoms with E-state index < -0.39 is 11.6 Å². The molecule has 30 heavy (non-hydrogen) atoms. The quantitative estimate of drug-likeness (QED) is 0.328. The van der Waals surface area contributed by atoms with E-state index in [1.165, 1.54) is 18.2 Å². The van der Waals surface area contributed by atoms with Crippen LogP contribution in [0.3, 0.4) is 0 Å². The van der Waals surface area contributed by atoms with Gasteiger partial charge in [0.2, 0.25) is 0 Å². The minimum atomic E-state index is -0.488. The summed E-state index contributed by atoms with van der Waals surface area (Å²) in [4.78, 5) is 12.9. The van der Waals surface area contributed by atoms with Crippen LogP contribution in [0.5, 0.6) is 0 Å². The minimum Gasteiger partial charge on any atom is -0.354 e. The maximum atomic E-state index is 14.0. The van der Waals surface area contributed by atoms with Crippen molar-refractivity contribution >= 4 is 46.4 Å². The zero-order valence-electron chi connectivity index (χ0n) is 17.5. The van der Waals surface area contributed by atoms with Crippen molar-refractivity contribution in [2.75, 3.05) is 39.1 Å². The Morgan fingerprint density at radius 1 is 1.33 bits per heavy atom. The molecule has 1 aromatic carbocycles. The average molecular weight is 550 g/mol. The summed E-state index contributed by atoms with van der Waals surface area (Å²) < 4.78 is 27.9. The van der Waals surface area contributed by atoms with Gasteiger partial charge >= 0.3 is 0 Å². The van der Waals surface area contributed by atoms with Crippen molar-refractivity contribution in [3.8, 4) is 0 Å². The predicted molar refractivity (Wildman–Crippen MR) is 130 cm³/mol. The highest BCUT2D eigenvalue weighted by atomic mass is 127. The molecule has 1 aliphatic heterocycles. The van der Waals surface area contributed by atoms with Crippen molar-refractivity contribution in [2.45, 2.75) is 32.0 Å². The number of hydrogen-bond acceptors (Lipinski definition) is 5. The second-order valence-electron chi connectivity index (χ2n) is 7.36. The first-order valence-corrected chi connectivity index (χ1v) is 10.6. The van der Waals surface area contributed by atoms with Crippen LogP contribution in [-0.2, 0) is 13.1 Å². The van der Waals surface area contributed by atoms with Crippen LogP contribution < -0.4 is 15.5 Å². The highest BCUT2D eigenvalue weighted by Gasteiger charge is 2.22. The molecule has 0 saturated carbocycles. The summed E-state index contributed by atoms with van der Waals surface area (Å²) in [5.41, 5.74) is 1.10. The molecule has 1 fully saturated rings. The van der Waals surface area contributed by atoms with E-state index in [4.69, 9.17) is 0 Å². The van der Waals surface area contributed by atoms with Gasteiger partial charge < -0.3 is 15.5 Å². The summed E-state index contributed by atoms with van der Waals surface area (Å²) in [7, 11) is 5.67. The number of aliphatic imine (C=N–C) groups is 1. The Labute approximate surface area is 197 Å². The molecule has 2 N–H and O–H groups in total. The van der Waals surface area contributed by atoms with E-state index in [0.717, 1.165) is 30.2 Å². The van der Waals surface area contributed by atoms with Gasteiger partial charge in [0.25, 0.3) is 0 Å². The van der Waals surface area contributed by atoms with E-state index in [9.17, 15) is 8.78 Å². The zero-order valence-corrected chi connectivity index (χ0v) is 20.6. The summed E-state index contributed by atoms with van der Waals surface area (Å²) in [6, 6.07) is 4.18. The number of hydrogen-bond donors (Lipinski definition) is 2. The Bertz CT molecular complexity index is 824. The Morgan fingerprint density at radius 3 is 2.70 bits per heavy atom. The number of rotatable bonds is 6. The van der Waals surface area contributed by atoms with Crippen LogP contribution in [0.2, 0.25) is 0 Å². The fourth-order valence-electron chi connectivity index (χ4n) is 3.37. The second-order valence-corrected chi connectivity index (χ2v) is 8.20. The van der Waals surface area contributed by atoms with E-state index in [0.29, 0.717) is 19.0 Å². The Hall–Kier alpha value is -1.53. The van der Waals surface area contributed by atoms with Gasteiger partial charge in [0.15, 0.2) is 11.1 Å². The number of thiazole rings is 1. The van der Waals surface area contributed by atoms with Crippen molar-refractivity contribution in [1.29, 1.82) is 0 Å². The third-order valence-corrected chi connectivity index (χ3v) is 5.93. The molecule has 0 aliphatic carbocycles. The number of halogens is 3. The number of nitrogens with one attached hydrogen (secondary N) is 2. The summed E-state index contributed by atoms with van der Waals surface area (Å²) >= 11 is 1.60. The number of benzene rings is 1. The number of aromatic nitrogens is 1. The highest BCUT2D eigenvalue weighted by molar-refractivity contribution is 14.0. The Kier molecular flexibility index (Phi) is 9.69. The standard InChI is InChI=1S/C20H28F2N6S.HI/c1-23-19(24-10-15-13-29-20(26-15)27(2)3)25-14-6-5-9-28(11-14)12-16-17(21)7-4-8-18(16)22;/h4,7-8,13-14H,5-6,9-12H2,1-3H3,(H2,23,24,25);1H. The van der Waals surface area contributed by atoms with Gasteiger partial charge in [-0.1, -0.05) is 6.07 Å². The summed E-state index contributed by atoms with van der Waals surface area (Å²) in [5.74, 6) is -0.274. The van der Waals surface area contributed by atoms with Crippen LogP contribution in [0.25, 0.3) is 0 Å². The van der Waals surface area contributed by atoms with E-state index in [1.54, 1.807) is 18.4 Å². The lowest BCUT2D eigenvalue weighted by Crippen LogP contribution is -2.50. The van der Waals surface area contributed by atoms with Crippen LogP contribution in [0.1, 0.15) is 24.1 Å². The number of likely N-dealkylation sites (tertiary alicyclic amines) is 1. The number of guanidine groups is 1. The smallest absolute Gasteiger partial charge is 0.191 e. The number of piperidine rings is 1. The average Bonchev–Trinajstić information content (AvgIpc) is 3.18. The van der Waals surface area contributed by atoms with Crippen LogP contribution in [0, 0.1) is 11.6 Å². The fourth-order valence-corrected chi connectivity index (χ4v) is 4.13. The first-order chi connectivity index (χ1) is 14.0. The lowest BCUT2D eigenvalue weighted by atomic mass is 10.0. The summed E-state index contributed by atoms with van der Waals surface area (Å²) in [6.07, 6.45) is 1.95. The highest BCUT2D eigenvalue weighted by Crippen LogP contribution is 2.19.